The van der Waals surface area contributed by atoms with Crippen LogP contribution in [0.5, 0.6) is 0 Å². The normalized spacial score (nSPS) is 25.6. The highest BCUT2D eigenvalue weighted by molar-refractivity contribution is 7.85. The molecular formula is C15H29N3OS. The van der Waals surface area contributed by atoms with Crippen molar-refractivity contribution in [1.82, 2.24) is 10.6 Å². The molecule has 0 aromatic rings. The zero-order chi connectivity index (χ0) is 14.8. The van der Waals surface area contributed by atoms with Crippen LogP contribution in [0.2, 0.25) is 0 Å². The molecule has 0 aromatic heterocycles. The van der Waals surface area contributed by atoms with Gasteiger partial charge in [0.1, 0.15) is 0 Å². The molecule has 3 atom stereocenters. The van der Waals surface area contributed by atoms with Crippen LogP contribution in [-0.2, 0) is 10.8 Å². The fraction of sp³-hybridized carbons (Fsp3) is 0.800. The largest absolute Gasteiger partial charge is 0.356 e. The topological polar surface area (TPSA) is 53.5 Å². The summed E-state index contributed by atoms with van der Waals surface area (Å²) in [6, 6.07) is 0.400. The van der Waals surface area contributed by atoms with E-state index in [-0.39, 0.29) is 0 Å². The highest BCUT2D eigenvalue weighted by Crippen LogP contribution is 2.22. The third-order valence-corrected chi connectivity index (χ3v) is 5.43. The lowest BCUT2D eigenvalue weighted by atomic mass is 9.95. The van der Waals surface area contributed by atoms with E-state index in [4.69, 9.17) is 0 Å². The van der Waals surface area contributed by atoms with Crippen molar-refractivity contribution in [3.63, 3.8) is 0 Å². The minimum Gasteiger partial charge on any atom is -0.356 e. The highest BCUT2D eigenvalue weighted by atomic mass is 32.2. The van der Waals surface area contributed by atoms with Crippen LogP contribution < -0.4 is 10.6 Å². The van der Waals surface area contributed by atoms with Gasteiger partial charge in [-0.05, 0) is 32.6 Å². The standard InChI is InChI=1S/C15H29N3OS/c1-4-6-7-11-17-15(16-3)18-13-9-8-10-14(12-13)20(19)5-2/h4,6,13-14H,5,7-12H2,1-3H3,(H2,16,17,18)/b6-4+. The predicted molar refractivity (Wildman–Crippen MR) is 88.7 cm³/mol. The number of rotatable bonds is 6. The summed E-state index contributed by atoms with van der Waals surface area (Å²) in [7, 11) is 1.13. The molecule has 116 valence electrons. The summed E-state index contributed by atoms with van der Waals surface area (Å²) in [5.41, 5.74) is 0. The fourth-order valence-corrected chi connectivity index (χ4v) is 3.93. The third kappa shape index (κ3) is 6.07. The van der Waals surface area contributed by atoms with Gasteiger partial charge in [0, 0.05) is 41.4 Å². The number of aliphatic imine (C=N–C) groups is 1. The lowest BCUT2D eigenvalue weighted by Gasteiger charge is -2.30. The van der Waals surface area contributed by atoms with Crippen LogP contribution >= 0.6 is 0 Å². The van der Waals surface area contributed by atoms with E-state index in [0.29, 0.717) is 11.3 Å². The van der Waals surface area contributed by atoms with E-state index >= 15 is 0 Å². The first-order valence-corrected chi connectivity index (χ1v) is 9.05. The molecule has 0 heterocycles. The van der Waals surface area contributed by atoms with E-state index in [9.17, 15) is 4.21 Å². The molecule has 0 radical (unpaired) electrons. The molecule has 3 unspecified atom stereocenters. The lowest BCUT2D eigenvalue weighted by Crippen LogP contribution is -2.46. The second kappa shape index (κ2) is 9.97. The van der Waals surface area contributed by atoms with E-state index in [2.05, 4.69) is 27.8 Å². The molecule has 5 heteroatoms. The van der Waals surface area contributed by atoms with E-state index < -0.39 is 10.8 Å². The smallest absolute Gasteiger partial charge is 0.191 e. The van der Waals surface area contributed by atoms with Gasteiger partial charge in [-0.25, -0.2) is 0 Å². The maximum Gasteiger partial charge on any atom is 0.191 e. The van der Waals surface area contributed by atoms with Crippen LogP contribution in [0.1, 0.15) is 46.0 Å². The van der Waals surface area contributed by atoms with Gasteiger partial charge in [0.25, 0.3) is 0 Å². The van der Waals surface area contributed by atoms with E-state index in [1.807, 2.05) is 13.8 Å². The van der Waals surface area contributed by atoms with Gasteiger partial charge in [-0.15, -0.1) is 0 Å². The summed E-state index contributed by atoms with van der Waals surface area (Å²) >= 11 is 0. The molecule has 1 saturated carbocycles. The Morgan fingerprint density at radius 1 is 1.45 bits per heavy atom. The van der Waals surface area contributed by atoms with Crippen molar-refractivity contribution in [3.8, 4) is 0 Å². The van der Waals surface area contributed by atoms with Crippen molar-refractivity contribution in [3.05, 3.63) is 12.2 Å². The van der Waals surface area contributed by atoms with Gasteiger partial charge in [0.2, 0.25) is 0 Å². The van der Waals surface area contributed by atoms with Gasteiger partial charge in [-0.1, -0.05) is 25.5 Å². The van der Waals surface area contributed by atoms with Crippen LogP contribution in [0.3, 0.4) is 0 Å². The quantitative estimate of drug-likeness (QED) is 0.342. The first kappa shape index (κ1) is 17.2. The molecule has 20 heavy (non-hydrogen) atoms. The number of hydrogen-bond acceptors (Lipinski definition) is 2. The zero-order valence-electron chi connectivity index (χ0n) is 13.0. The van der Waals surface area contributed by atoms with Gasteiger partial charge < -0.3 is 10.6 Å². The van der Waals surface area contributed by atoms with Gasteiger partial charge in [0.05, 0.1) is 0 Å². The van der Waals surface area contributed by atoms with E-state index in [0.717, 1.165) is 50.4 Å². The van der Waals surface area contributed by atoms with Gasteiger partial charge >= 0.3 is 0 Å². The molecule has 0 spiro atoms. The second-order valence-electron chi connectivity index (χ2n) is 5.16. The molecule has 2 N–H and O–H groups in total. The number of nitrogens with one attached hydrogen (secondary N) is 2. The maximum absolute atomic E-state index is 11.9. The Morgan fingerprint density at radius 3 is 2.90 bits per heavy atom. The van der Waals surface area contributed by atoms with Crippen LogP contribution in [0, 0.1) is 0 Å². The van der Waals surface area contributed by atoms with Crippen molar-refractivity contribution >= 4 is 16.8 Å². The Kier molecular flexibility index (Phi) is 8.58. The van der Waals surface area contributed by atoms with E-state index in [1.165, 1.54) is 0 Å². The molecule has 1 fully saturated rings. The monoisotopic (exact) mass is 299 g/mol. The summed E-state index contributed by atoms with van der Waals surface area (Å²) in [5.74, 6) is 1.63. The summed E-state index contributed by atoms with van der Waals surface area (Å²) in [6.45, 7) is 4.93. The van der Waals surface area contributed by atoms with Gasteiger partial charge in [-0.2, -0.15) is 0 Å². The van der Waals surface area contributed by atoms with Crippen molar-refractivity contribution in [2.75, 3.05) is 19.3 Å². The highest BCUT2D eigenvalue weighted by Gasteiger charge is 2.25. The molecule has 0 bridgehead atoms. The zero-order valence-corrected chi connectivity index (χ0v) is 13.8. The van der Waals surface area contributed by atoms with Crippen LogP contribution in [0.15, 0.2) is 17.1 Å². The van der Waals surface area contributed by atoms with Gasteiger partial charge in [-0.3, -0.25) is 9.20 Å². The molecule has 1 aliphatic rings. The maximum atomic E-state index is 11.9. The van der Waals surface area contributed by atoms with Gasteiger partial charge in [0.15, 0.2) is 5.96 Å². The Labute approximate surface area is 126 Å². The summed E-state index contributed by atoms with van der Waals surface area (Å²) in [6.07, 6.45) is 9.61. The SMILES string of the molecule is C/C=C/CCNC(=NC)NC1CCCC(S(=O)CC)C1. The fourth-order valence-electron chi connectivity index (χ4n) is 2.58. The molecular weight excluding hydrogens is 270 g/mol. The first-order valence-electron chi connectivity index (χ1n) is 7.66. The molecule has 4 nitrogen and oxygen atoms in total. The third-order valence-electron chi connectivity index (χ3n) is 3.69. The summed E-state index contributed by atoms with van der Waals surface area (Å²) in [5, 5.41) is 7.15. The first-order chi connectivity index (χ1) is 9.71. The summed E-state index contributed by atoms with van der Waals surface area (Å²) < 4.78 is 11.9. The van der Waals surface area contributed by atoms with Crippen LogP contribution in [0.4, 0.5) is 0 Å². The Balaban J connectivity index is 2.39. The number of allylic oxidation sites excluding steroid dienone is 1. The molecule has 1 rings (SSSR count). The molecule has 1 aliphatic carbocycles. The van der Waals surface area contributed by atoms with Crippen molar-refractivity contribution in [2.24, 2.45) is 4.99 Å². The Bertz CT molecular complexity index is 355. The number of hydrogen-bond donors (Lipinski definition) is 2. The van der Waals surface area contributed by atoms with Crippen LogP contribution in [-0.4, -0.2) is 40.8 Å². The average molecular weight is 299 g/mol. The lowest BCUT2D eigenvalue weighted by molar-refractivity contribution is 0.413. The van der Waals surface area contributed by atoms with Crippen molar-refractivity contribution in [1.29, 1.82) is 0 Å². The molecule has 0 amide bonds. The molecule has 0 saturated heterocycles. The van der Waals surface area contributed by atoms with E-state index in [1.54, 1.807) is 7.05 Å². The number of guanidine groups is 1. The molecule has 0 aliphatic heterocycles. The summed E-state index contributed by atoms with van der Waals surface area (Å²) in [4.78, 5) is 4.26. The minimum absolute atomic E-state index is 0.354. The van der Waals surface area contributed by atoms with Crippen molar-refractivity contribution in [2.45, 2.75) is 57.2 Å². The predicted octanol–water partition coefficient (Wildman–Crippen LogP) is 2.20. The van der Waals surface area contributed by atoms with Crippen LogP contribution in [0.25, 0.3) is 0 Å². The van der Waals surface area contributed by atoms with Crippen molar-refractivity contribution < 1.29 is 4.21 Å². The Morgan fingerprint density at radius 2 is 2.25 bits per heavy atom. The minimum atomic E-state index is -0.668. The second-order valence-corrected chi connectivity index (χ2v) is 7.16. The Hall–Kier alpha value is -0.840. The average Bonchev–Trinajstić information content (AvgIpc) is 2.49. The number of nitrogens with zero attached hydrogens (tertiary/aromatic N) is 1. The molecule has 0 aromatic carbocycles.